The summed E-state index contributed by atoms with van der Waals surface area (Å²) in [6.45, 7) is 4.52. The molecule has 1 saturated heterocycles. The molecular weight excluding hydrogens is 522 g/mol. The minimum absolute atomic E-state index is 0.0399. The maximum absolute atomic E-state index is 14.2. The molecule has 0 spiro atoms. The fourth-order valence-corrected chi connectivity index (χ4v) is 5.54. The van der Waals surface area contributed by atoms with Crippen molar-refractivity contribution in [3.8, 4) is 11.8 Å². The van der Waals surface area contributed by atoms with Crippen molar-refractivity contribution < 1.29 is 14.3 Å². The zero-order valence-electron chi connectivity index (χ0n) is 20.9. The van der Waals surface area contributed by atoms with Gasteiger partial charge in [0.2, 0.25) is 5.91 Å². The van der Waals surface area contributed by atoms with E-state index < -0.39 is 12.1 Å². The van der Waals surface area contributed by atoms with Crippen LogP contribution in [0.4, 0.5) is 4.79 Å². The first-order chi connectivity index (χ1) is 18.4. The maximum Gasteiger partial charge on any atom is 0.326 e. The summed E-state index contributed by atoms with van der Waals surface area (Å²) < 4.78 is 6.11. The number of piperazine rings is 1. The number of nitrogens with one attached hydrogen (secondary N) is 1. The molecule has 2 atom stereocenters. The van der Waals surface area contributed by atoms with E-state index in [1.165, 1.54) is 0 Å². The molecule has 0 saturated carbocycles. The summed E-state index contributed by atoms with van der Waals surface area (Å²) in [5.41, 5.74) is 2.87. The molecule has 0 bridgehead atoms. The predicted octanol–water partition coefficient (Wildman–Crippen LogP) is 5.16. The van der Waals surface area contributed by atoms with Gasteiger partial charge in [-0.15, -0.1) is 0 Å². The summed E-state index contributed by atoms with van der Waals surface area (Å²) >= 11 is 7.77. The highest BCUT2D eigenvalue weighted by atomic mass is 35.5. The normalized spacial score (nSPS) is 19.2. The number of amidine groups is 1. The van der Waals surface area contributed by atoms with Crippen LogP contribution < -0.4 is 10.1 Å². The molecule has 194 valence electrons. The molecule has 3 amide bonds. The van der Waals surface area contributed by atoms with Crippen LogP contribution in [0, 0.1) is 11.3 Å². The number of nitrogens with zero attached hydrogens (tertiary/aromatic N) is 4. The lowest BCUT2D eigenvalue weighted by molar-refractivity contribution is -0.123. The van der Waals surface area contributed by atoms with Crippen molar-refractivity contribution in [3.05, 3.63) is 86.6 Å². The highest BCUT2D eigenvalue weighted by molar-refractivity contribution is 7.08. The molecule has 2 aliphatic rings. The summed E-state index contributed by atoms with van der Waals surface area (Å²) in [7, 11) is 0. The SMILES string of the molecule is CC(C)Oc1cc(C#N)ccc1C1=NC(c2ccsc2)C(c2ccc(Cl)cc2)N1C(=O)N1CCNC(=O)C1. The van der Waals surface area contributed by atoms with E-state index in [1.54, 1.807) is 51.5 Å². The molecule has 38 heavy (non-hydrogen) atoms. The van der Waals surface area contributed by atoms with E-state index in [0.29, 0.717) is 40.8 Å². The van der Waals surface area contributed by atoms with Crippen LogP contribution in [0.1, 0.15) is 48.2 Å². The third kappa shape index (κ3) is 5.10. The zero-order chi connectivity index (χ0) is 26.8. The standard InChI is InChI=1S/C28H26ClN5O3S/c1-17(2)37-23-13-18(14-30)3-8-22(23)27-32-25(20-9-12-38-16-20)26(19-4-6-21(29)7-5-19)34(27)28(36)33-11-10-31-24(35)15-33/h3-9,12-13,16-17,25-26H,10-11,15H2,1-2H3,(H,31,35). The van der Waals surface area contributed by atoms with Gasteiger partial charge in [0.15, 0.2) is 0 Å². The van der Waals surface area contributed by atoms with Gasteiger partial charge >= 0.3 is 6.03 Å². The molecule has 5 rings (SSSR count). The lowest BCUT2D eigenvalue weighted by Gasteiger charge is -2.35. The summed E-state index contributed by atoms with van der Waals surface area (Å²) in [6.07, 6.45) is -0.167. The van der Waals surface area contributed by atoms with Crippen LogP contribution in [-0.2, 0) is 4.79 Å². The van der Waals surface area contributed by atoms with Gasteiger partial charge in [-0.25, -0.2) is 4.79 Å². The number of nitriles is 1. The van der Waals surface area contributed by atoms with Crippen LogP contribution in [0.5, 0.6) is 5.75 Å². The second kappa shape index (κ2) is 10.9. The average molecular weight is 548 g/mol. The lowest BCUT2D eigenvalue weighted by atomic mass is 9.95. The topological polar surface area (TPSA) is 98.0 Å². The Morgan fingerprint density at radius 2 is 2.00 bits per heavy atom. The smallest absolute Gasteiger partial charge is 0.326 e. The van der Waals surface area contributed by atoms with E-state index in [-0.39, 0.29) is 24.6 Å². The van der Waals surface area contributed by atoms with Crippen molar-refractivity contribution in [2.75, 3.05) is 19.6 Å². The van der Waals surface area contributed by atoms with Gasteiger partial charge in [-0.2, -0.15) is 16.6 Å². The number of halogens is 1. The molecule has 10 heteroatoms. The molecule has 1 fully saturated rings. The molecule has 8 nitrogen and oxygen atoms in total. The molecule has 0 radical (unpaired) electrons. The maximum atomic E-state index is 14.2. The van der Waals surface area contributed by atoms with E-state index in [0.717, 1.165) is 11.1 Å². The van der Waals surface area contributed by atoms with Gasteiger partial charge in [-0.3, -0.25) is 14.7 Å². The minimum Gasteiger partial charge on any atom is -0.490 e. The van der Waals surface area contributed by atoms with E-state index in [1.807, 2.05) is 42.8 Å². The predicted molar refractivity (Wildman–Crippen MR) is 147 cm³/mol. The van der Waals surface area contributed by atoms with Crippen molar-refractivity contribution >= 4 is 40.7 Å². The first-order valence-electron chi connectivity index (χ1n) is 12.3. The number of carbonyl (C=O) groups excluding carboxylic acids is 2. The Labute approximate surface area is 230 Å². The first kappa shape index (κ1) is 25.8. The number of urea groups is 1. The van der Waals surface area contributed by atoms with Gasteiger partial charge in [0.1, 0.15) is 24.2 Å². The number of hydrogen-bond donors (Lipinski definition) is 1. The molecule has 0 aliphatic carbocycles. The Morgan fingerprint density at radius 3 is 2.66 bits per heavy atom. The average Bonchev–Trinajstić information content (AvgIpc) is 3.57. The Hall–Kier alpha value is -3.87. The Bertz CT molecular complexity index is 1420. The van der Waals surface area contributed by atoms with Crippen molar-refractivity contribution in [2.45, 2.75) is 32.0 Å². The number of benzene rings is 2. The molecule has 1 aromatic heterocycles. The second-order valence-corrected chi connectivity index (χ2v) is 10.6. The number of rotatable bonds is 5. The number of amides is 3. The summed E-state index contributed by atoms with van der Waals surface area (Å²) in [5, 5.41) is 16.9. The second-order valence-electron chi connectivity index (χ2n) is 9.36. The largest absolute Gasteiger partial charge is 0.490 e. The van der Waals surface area contributed by atoms with Crippen molar-refractivity contribution in [1.82, 2.24) is 15.1 Å². The number of hydrogen-bond acceptors (Lipinski definition) is 6. The highest BCUT2D eigenvalue weighted by Gasteiger charge is 2.45. The van der Waals surface area contributed by atoms with Crippen LogP contribution in [0.15, 0.2) is 64.3 Å². The van der Waals surface area contributed by atoms with Gasteiger partial charge in [-0.05, 0) is 72.1 Å². The van der Waals surface area contributed by atoms with Crippen molar-refractivity contribution in [1.29, 1.82) is 5.26 Å². The quantitative estimate of drug-likeness (QED) is 0.477. The zero-order valence-corrected chi connectivity index (χ0v) is 22.5. The number of thiophene rings is 1. The molecule has 2 aliphatic heterocycles. The van der Waals surface area contributed by atoms with Gasteiger partial charge < -0.3 is 15.0 Å². The Morgan fingerprint density at radius 1 is 1.21 bits per heavy atom. The lowest BCUT2D eigenvalue weighted by Crippen LogP contribution is -2.55. The van der Waals surface area contributed by atoms with E-state index >= 15 is 0 Å². The number of ether oxygens (including phenoxy) is 1. The number of aliphatic imine (C=N–C) groups is 1. The molecule has 2 unspecified atom stereocenters. The third-order valence-corrected chi connectivity index (χ3v) is 7.35. The molecule has 3 heterocycles. The highest BCUT2D eigenvalue weighted by Crippen LogP contribution is 2.45. The molecule has 3 aromatic rings. The molecule has 2 aromatic carbocycles. The fourth-order valence-electron chi connectivity index (χ4n) is 4.72. The van der Waals surface area contributed by atoms with Gasteiger partial charge in [0.05, 0.1) is 29.3 Å². The minimum atomic E-state index is -0.489. The van der Waals surface area contributed by atoms with Crippen LogP contribution >= 0.6 is 22.9 Å². The Balaban J connectivity index is 1.69. The van der Waals surface area contributed by atoms with Crippen molar-refractivity contribution in [3.63, 3.8) is 0 Å². The fraction of sp³-hybridized carbons (Fsp3) is 0.286. The monoisotopic (exact) mass is 547 g/mol. The molecule has 1 N–H and O–H groups in total. The third-order valence-electron chi connectivity index (χ3n) is 6.39. The number of carbonyl (C=O) groups is 2. The van der Waals surface area contributed by atoms with Gasteiger partial charge in [0, 0.05) is 18.1 Å². The molecular formula is C28H26ClN5O3S. The van der Waals surface area contributed by atoms with Crippen LogP contribution in [0.2, 0.25) is 5.02 Å². The van der Waals surface area contributed by atoms with E-state index in [9.17, 15) is 14.9 Å². The van der Waals surface area contributed by atoms with E-state index in [4.69, 9.17) is 21.3 Å². The van der Waals surface area contributed by atoms with E-state index in [2.05, 4.69) is 11.4 Å². The summed E-state index contributed by atoms with van der Waals surface area (Å²) in [5.74, 6) is 0.687. The van der Waals surface area contributed by atoms with Gasteiger partial charge in [-0.1, -0.05) is 23.7 Å². The van der Waals surface area contributed by atoms with Crippen LogP contribution in [0.25, 0.3) is 0 Å². The van der Waals surface area contributed by atoms with Crippen LogP contribution in [0.3, 0.4) is 0 Å². The van der Waals surface area contributed by atoms with Gasteiger partial charge in [0.25, 0.3) is 0 Å². The first-order valence-corrected chi connectivity index (χ1v) is 13.6. The van der Waals surface area contributed by atoms with Crippen LogP contribution in [-0.4, -0.2) is 53.3 Å². The summed E-state index contributed by atoms with van der Waals surface area (Å²) in [6, 6.07) is 15.5. The summed E-state index contributed by atoms with van der Waals surface area (Å²) in [4.78, 5) is 34.8. The Kier molecular flexibility index (Phi) is 7.36. The van der Waals surface area contributed by atoms with Crippen molar-refractivity contribution in [2.24, 2.45) is 4.99 Å².